The number of rotatable bonds is 29. The van der Waals surface area contributed by atoms with Crippen LogP contribution in [0.4, 0.5) is 4.79 Å². The number of carbonyl (C=O) groups excluding carboxylic acids is 7. The molecule has 1 heterocycles. The smallest absolute Gasteiger partial charge is 0.407 e. The monoisotopic (exact) mass is 876 g/mol. The number of carboxylic acid groups (broad SMARTS) is 1. The molecule has 0 bridgehead atoms. The Hall–Kier alpha value is -6.46. The van der Waals surface area contributed by atoms with Crippen molar-refractivity contribution < 1.29 is 48.2 Å². The van der Waals surface area contributed by atoms with E-state index in [4.69, 9.17) is 10.5 Å². The largest absolute Gasteiger partial charge is 0.481 e. The summed E-state index contributed by atoms with van der Waals surface area (Å²) < 4.78 is 5.28. The van der Waals surface area contributed by atoms with Gasteiger partial charge in [-0.2, -0.15) is 0 Å². The number of nitrogens with one attached hydrogen (secondary N) is 7. The van der Waals surface area contributed by atoms with Gasteiger partial charge < -0.3 is 52.5 Å². The van der Waals surface area contributed by atoms with E-state index in [0.717, 1.165) is 55.0 Å². The molecule has 10 N–H and O–H groups in total. The van der Waals surface area contributed by atoms with Crippen molar-refractivity contribution in [3.05, 3.63) is 71.9 Å². The lowest BCUT2D eigenvalue weighted by atomic mass is 10.0. The van der Waals surface area contributed by atoms with Gasteiger partial charge in [0, 0.05) is 42.5 Å². The van der Waals surface area contributed by atoms with Crippen molar-refractivity contribution in [3.63, 3.8) is 0 Å². The average Bonchev–Trinajstić information content (AvgIpc) is 3.65. The first-order valence-electron chi connectivity index (χ1n) is 21.7. The summed E-state index contributed by atoms with van der Waals surface area (Å²) >= 11 is 0. The van der Waals surface area contributed by atoms with Crippen LogP contribution >= 0.6 is 0 Å². The molecule has 18 heteroatoms. The summed E-state index contributed by atoms with van der Waals surface area (Å²) in [7, 11) is 0. The molecule has 0 saturated heterocycles. The summed E-state index contributed by atoms with van der Waals surface area (Å²) in [4.78, 5) is 107. The van der Waals surface area contributed by atoms with Crippen LogP contribution in [0, 0.1) is 0 Å². The molecule has 1 aromatic heterocycles. The van der Waals surface area contributed by atoms with Gasteiger partial charge in [-0.05, 0) is 50.3 Å². The van der Waals surface area contributed by atoms with Crippen molar-refractivity contribution in [3.8, 4) is 0 Å². The van der Waals surface area contributed by atoms with Crippen molar-refractivity contribution in [2.45, 2.75) is 141 Å². The number of unbranched alkanes of at least 4 members (excludes halogenated alkanes) is 6. The van der Waals surface area contributed by atoms with Crippen molar-refractivity contribution in [1.82, 2.24) is 36.9 Å². The Morgan fingerprint density at radius 1 is 0.683 bits per heavy atom. The first-order chi connectivity index (χ1) is 30.2. The number of alkyl carbamates (subject to hydrolysis) is 1. The highest BCUT2D eigenvalue weighted by Gasteiger charge is 2.33. The fourth-order valence-electron chi connectivity index (χ4n) is 6.77. The Kier molecular flexibility index (Phi) is 22.2. The predicted molar refractivity (Wildman–Crippen MR) is 236 cm³/mol. The molecule has 0 aliphatic heterocycles. The van der Waals surface area contributed by atoms with Crippen LogP contribution in [-0.2, 0) is 51.3 Å². The minimum atomic E-state index is -1.68. The zero-order valence-electron chi connectivity index (χ0n) is 36.5. The lowest BCUT2D eigenvalue weighted by molar-refractivity contribution is -0.141. The Balaban J connectivity index is 1.83. The standard InChI is InChI=1S/C45H64N8O10/c1-4-5-6-7-8-9-13-22-39(55)50-34(21-16-23-47-45(62)63-28-30-17-11-10-12-18-30)41(58)51-35(24-31-27-48-33-20-15-14-19-32(31)33)43(60)52-36(25-38(46)54)44(61)53-37(26-40(56)57)42(59)49-29(2)3/h10-12,14-15,17-20,27,29,34-37,48H,4-9,13,16,21-26,28H2,1-3H3,(H2,46,54)(H,47,62)(H,49,59)(H,50,55)(H,51,58)(H,52,60)(H,53,61)(H,56,57). The van der Waals surface area contributed by atoms with Gasteiger partial charge in [0.15, 0.2) is 0 Å². The number of carboxylic acids is 1. The molecule has 3 rings (SSSR count). The van der Waals surface area contributed by atoms with Crippen molar-refractivity contribution in [2.24, 2.45) is 5.73 Å². The molecule has 18 nitrogen and oxygen atoms in total. The van der Waals surface area contributed by atoms with Gasteiger partial charge in [-0.3, -0.25) is 33.6 Å². The fraction of sp³-hybridized carbons (Fsp3) is 0.511. The molecule has 0 aliphatic rings. The molecular formula is C45H64N8O10. The number of carbonyl (C=O) groups is 8. The third kappa shape index (κ3) is 19.4. The van der Waals surface area contributed by atoms with E-state index in [1.807, 2.05) is 48.5 Å². The van der Waals surface area contributed by atoms with Gasteiger partial charge in [-0.15, -0.1) is 0 Å². The lowest BCUT2D eigenvalue weighted by Gasteiger charge is -2.26. The van der Waals surface area contributed by atoms with Crippen LogP contribution < -0.4 is 37.6 Å². The third-order valence-electron chi connectivity index (χ3n) is 10.0. The van der Waals surface area contributed by atoms with Crippen molar-refractivity contribution >= 4 is 58.4 Å². The van der Waals surface area contributed by atoms with Crippen molar-refractivity contribution in [2.75, 3.05) is 6.54 Å². The van der Waals surface area contributed by atoms with E-state index in [1.54, 1.807) is 26.1 Å². The molecule has 0 saturated carbocycles. The number of para-hydroxylation sites is 1. The van der Waals surface area contributed by atoms with Gasteiger partial charge in [0.2, 0.25) is 35.4 Å². The number of ether oxygens (including phenoxy) is 1. The molecule has 3 aromatic rings. The second kappa shape index (κ2) is 27.5. The molecule has 7 amide bonds. The Labute approximate surface area is 368 Å². The molecule has 0 radical (unpaired) electrons. The van der Waals surface area contributed by atoms with Gasteiger partial charge in [-0.1, -0.05) is 94.0 Å². The summed E-state index contributed by atoms with van der Waals surface area (Å²) in [6.07, 6.45) is 6.74. The van der Waals surface area contributed by atoms with Crippen LogP contribution in [0.15, 0.2) is 60.8 Å². The van der Waals surface area contributed by atoms with Crippen LogP contribution in [0.25, 0.3) is 10.9 Å². The minimum Gasteiger partial charge on any atom is -0.481 e. The van der Waals surface area contributed by atoms with Crippen LogP contribution in [0.2, 0.25) is 0 Å². The summed E-state index contributed by atoms with van der Waals surface area (Å²) in [6, 6.07) is 10.2. The van der Waals surface area contributed by atoms with E-state index in [9.17, 15) is 43.5 Å². The highest BCUT2D eigenvalue weighted by atomic mass is 16.5. The number of hydrogen-bond donors (Lipinski definition) is 9. The number of H-pyrrole nitrogens is 1. The normalized spacial score (nSPS) is 12.9. The maximum Gasteiger partial charge on any atom is 0.407 e. The molecule has 344 valence electrons. The predicted octanol–water partition coefficient (Wildman–Crippen LogP) is 3.37. The van der Waals surface area contributed by atoms with Crippen LogP contribution in [0.5, 0.6) is 0 Å². The van der Waals surface area contributed by atoms with Gasteiger partial charge in [0.1, 0.15) is 30.8 Å². The molecule has 4 unspecified atom stereocenters. The Bertz CT molecular complexity index is 1970. The number of nitrogens with two attached hydrogens (primary N) is 1. The van der Waals surface area contributed by atoms with Crippen LogP contribution in [-0.4, -0.2) is 94.4 Å². The van der Waals surface area contributed by atoms with Gasteiger partial charge in [-0.25, -0.2) is 4.79 Å². The van der Waals surface area contributed by atoms with Crippen LogP contribution in [0.3, 0.4) is 0 Å². The Morgan fingerprint density at radius 2 is 1.27 bits per heavy atom. The summed E-state index contributed by atoms with van der Waals surface area (Å²) in [5.74, 6) is -6.24. The number of aromatic nitrogens is 1. The number of benzene rings is 2. The Morgan fingerprint density at radius 3 is 1.94 bits per heavy atom. The first-order valence-corrected chi connectivity index (χ1v) is 21.7. The number of fused-ring (bicyclic) bond motifs is 1. The SMILES string of the molecule is CCCCCCCCCC(=O)NC(CCCNC(=O)OCc1ccccc1)C(=O)NC(Cc1c[nH]c2ccccc12)C(=O)NC(CC(N)=O)C(=O)NC(CC(=O)O)C(=O)NC(C)C. The van der Waals surface area contributed by atoms with Gasteiger partial charge >= 0.3 is 12.1 Å². The van der Waals surface area contributed by atoms with E-state index >= 15 is 0 Å². The number of hydrogen-bond acceptors (Lipinski definition) is 9. The molecule has 63 heavy (non-hydrogen) atoms. The van der Waals surface area contributed by atoms with E-state index in [0.29, 0.717) is 12.0 Å². The number of aliphatic carboxylic acids is 1. The molecule has 4 atom stereocenters. The zero-order chi connectivity index (χ0) is 46.1. The summed E-state index contributed by atoms with van der Waals surface area (Å²) in [6.45, 7) is 5.59. The highest BCUT2D eigenvalue weighted by molar-refractivity contribution is 5.98. The van der Waals surface area contributed by atoms with Gasteiger partial charge in [0.25, 0.3) is 0 Å². The van der Waals surface area contributed by atoms with Crippen LogP contribution in [0.1, 0.15) is 109 Å². The summed E-state index contributed by atoms with van der Waals surface area (Å²) in [5.41, 5.74) is 7.63. The minimum absolute atomic E-state index is 0.0601. The van der Waals surface area contributed by atoms with Crippen molar-refractivity contribution in [1.29, 1.82) is 0 Å². The molecular weight excluding hydrogens is 813 g/mol. The number of primary amides is 1. The fourth-order valence-corrected chi connectivity index (χ4v) is 6.77. The number of aromatic amines is 1. The third-order valence-corrected chi connectivity index (χ3v) is 10.0. The lowest BCUT2D eigenvalue weighted by Crippen LogP contribution is -2.59. The molecule has 0 spiro atoms. The molecule has 0 aliphatic carbocycles. The quantitative estimate of drug-likeness (QED) is 0.0459. The molecule has 2 aromatic carbocycles. The van der Waals surface area contributed by atoms with Gasteiger partial charge in [0.05, 0.1) is 12.8 Å². The van der Waals surface area contributed by atoms with E-state index in [2.05, 4.69) is 43.8 Å². The topological polar surface area (TPSA) is 280 Å². The zero-order valence-corrected chi connectivity index (χ0v) is 36.5. The second-order valence-electron chi connectivity index (χ2n) is 15.8. The highest BCUT2D eigenvalue weighted by Crippen LogP contribution is 2.20. The summed E-state index contributed by atoms with van der Waals surface area (Å²) in [5, 5.41) is 25.7. The number of amides is 7. The van der Waals surface area contributed by atoms with E-state index in [1.165, 1.54) is 0 Å². The van der Waals surface area contributed by atoms with E-state index < -0.39 is 84.6 Å². The maximum atomic E-state index is 14.2. The second-order valence-corrected chi connectivity index (χ2v) is 15.8. The first kappa shape index (κ1) is 50.9. The van der Waals surface area contributed by atoms with E-state index in [-0.39, 0.29) is 44.7 Å². The average molecular weight is 877 g/mol. The maximum absolute atomic E-state index is 14.2. The molecule has 0 fully saturated rings.